The van der Waals surface area contributed by atoms with Crippen LogP contribution in [0, 0.1) is 5.41 Å². The van der Waals surface area contributed by atoms with Crippen LogP contribution >= 0.6 is 12.2 Å². The Morgan fingerprint density at radius 1 is 1.14 bits per heavy atom. The Balaban J connectivity index is 2.01. The van der Waals surface area contributed by atoms with E-state index in [-0.39, 0.29) is 16.8 Å². The number of rotatable bonds is 4. The van der Waals surface area contributed by atoms with Gasteiger partial charge >= 0.3 is 0 Å². The lowest BCUT2D eigenvalue weighted by Crippen LogP contribution is -2.55. The van der Waals surface area contributed by atoms with Crippen molar-refractivity contribution in [3.63, 3.8) is 0 Å². The van der Waals surface area contributed by atoms with Crippen molar-refractivity contribution >= 4 is 29.0 Å². The van der Waals surface area contributed by atoms with E-state index in [1.54, 1.807) is 6.92 Å². The lowest BCUT2D eigenvalue weighted by atomic mass is 9.73. The fourth-order valence-corrected chi connectivity index (χ4v) is 3.65. The van der Waals surface area contributed by atoms with Gasteiger partial charge in [0.25, 0.3) is 0 Å². The zero-order valence-electron chi connectivity index (χ0n) is 12.7. The summed E-state index contributed by atoms with van der Waals surface area (Å²) in [4.78, 5) is 27.0. The molecule has 6 heteroatoms. The average Bonchev–Trinajstić information content (AvgIpc) is 3.00. The van der Waals surface area contributed by atoms with Crippen LogP contribution in [-0.2, 0) is 9.59 Å². The molecule has 1 saturated heterocycles. The highest BCUT2D eigenvalue weighted by Crippen LogP contribution is 2.37. The molecule has 1 saturated carbocycles. The van der Waals surface area contributed by atoms with E-state index in [1.807, 2.05) is 4.90 Å². The van der Waals surface area contributed by atoms with Crippen LogP contribution in [0.15, 0.2) is 0 Å². The van der Waals surface area contributed by atoms with Crippen LogP contribution in [0.25, 0.3) is 0 Å². The topological polar surface area (TPSA) is 75.4 Å². The minimum absolute atomic E-state index is 0.00486. The maximum atomic E-state index is 12.6. The molecule has 1 aliphatic carbocycles. The van der Waals surface area contributed by atoms with E-state index in [2.05, 4.69) is 5.32 Å². The Morgan fingerprint density at radius 2 is 1.71 bits per heavy atom. The monoisotopic (exact) mass is 311 g/mol. The highest BCUT2D eigenvalue weighted by molar-refractivity contribution is 7.80. The van der Waals surface area contributed by atoms with Gasteiger partial charge in [-0.15, -0.1) is 0 Å². The summed E-state index contributed by atoms with van der Waals surface area (Å²) < 4.78 is 0. The van der Waals surface area contributed by atoms with Crippen molar-refractivity contribution in [3.8, 4) is 0 Å². The predicted molar refractivity (Wildman–Crippen MR) is 85.7 cm³/mol. The molecule has 0 aromatic heterocycles. The average molecular weight is 311 g/mol. The molecule has 0 aromatic rings. The number of nitrogens with two attached hydrogens (primary N) is 1. The first kappa shape index (κ1) is 16.2. The predicted octanol–water partition coefficient (Wildman–Crippen LogP) is 1.35. The number of nitrogens with one attached hydrogen (secondary N) is 1. The van der Waals surface area contributed by atoms with Gasteiger partial charge in [-0.1, -0.05) is 31.5 Å². The SMILES string of the molecule is CC(NC(=O)C1(C(N)=S)CCCCC1)C(=O)N1CCCC1. The normalized spacial score (nSPS) is 22.6. The quantitative estimate of drug-likeness (QED) is 0.769. The van der Waals surface area contributed by atoms with Gasteiger partial charge in [0.2, 0.25) is 11.8 Å². The second-order valence-electron chi connectivity index (χ2n) is 6.23. The summed E-state index contributed by atoms with van der Waals surface area (Å²) >= 11 is 5.15. The molecule has 2 aliphatic rings. The highest BCUT2D eigenvalue weighted by atomic mass is 32.1. The number of nitrogens with zero attached hydrogens (tertiary/aromatic N) is 1. The van der Waals surface area contributed by atoms with Crippen molar-refractivity contribution in [2.45, 2.75) is 57.9 Å². The van der Waals surface area contributed by atoms with Gasteiger partial charge in [-0.3, -0.25) is 9.59 Å². The summed E-state index contributed by atoms with van der Waals surface area (Å²) in [5.74, 6) is -0.176. The maximum absolute atomic E-state index is 12.6. The lowest BCUT2D eigenvalue weighted by molar-refractivity contribution is -0.137. The molecule has 0 radical (unpaired) electrons. The minimum atomic E-state index is -0.757. The zero-order chi connectivity index (χ0) is 15.5. The first-order chi connectivity index (χ1) is 9.97. The van der Waals surface area contributed by atoms with Gasteiger partial charge in [0.05, 0.1) is 10.4 Å². The molecule has 1 heterocycles. The van der Waals surface area contributed by atoms with Crippen LogP contribution in [0.4, 0.5) is 0 Å². The van der Waals surface area contributed by atoms with Crippen molar-refractivity contribution < 1.29 is 9.59 Å². The summed E-state index contributed by atoms with van der Waals surface area (Å²) in [5.41, 5.74) is 5.10. The Hall–Kier alpha value is -1.17. The van der Waals surface area contributed by atoms with Gasteiger partial charge < -0.3 is 16.0 Å². The molecule has 3 N–H and O–H groups in total. The van der Waals surface area contributed by atoms with Crippen molar-refractivity contribution in [2.75, 3.05) is 13.1 Å². The van der Waals surface area contributed by atoms with Gasteiger partial charge in [0, 0.05) is 13.1 Å². The largest absolute Gasteiger partial charge is 0.392 e. The van der Waals surface area contributed by atoms with E-state index < -0.39 is 11.5 Å². The molecule has 2 fully saturated rings. The number of likely N-dealkylation sites (tertiary alicyclic amines) is 1. The third kappa shape index (κ3) is 3.36. The highest BCUT2D eigenvalue weighted by Gasteiger charge is 2.43. The number of thiocarbonyl (C=S) groups is 1. The number of hydrogen-bond acceptors (Lipinski definition) is 3. The molecule has 118 valence electrons. The van der Waals surface area contributed by atoms with Gasteiger partial charge in [-0.05, 0) is 32.6 Å². The summed E-state index contributed by atoms with van der Waals surface area (Å²) in [6.07, 6.45) is 6.50. The van der Waals surface area contributed by atoms with E-state index in [1.165, 1.54) is 0 Å². The third-order valence-electron chi connectivity index (χ3n) is 4.75. The molecular weight excluding hydrogens is 286 g/mol. The third-order valence-corrected chi connectivity index (χ3v) is 5.14. The standard InChI is InChI=1S/C15H25N3O2S/c1-11(12(19)18-9-5-6-10-18)17-14(20)15(13(16)21)7-3-2-4-8-15/h11H,2-10H2,1H3,(H2,16,21)(H,17,20). The Bertz CT molecular complexity index is 427. The summed E-state index contributed by atoms with van der Waals surface area (Å²) in [5, 5.41) is 2.85. The number of carbonyl (C=O) groups excluding carboxylic acids is 2. The minimum Gasteiger partial charge on any atom is -0.392 e. The number of amides is 2. The molecule has 2 rings (SSSR count). The van der Waals surface area contributed by atoms with E-state index in [9.17, 15) is 9.59 Å². The van der Waals surface area contributed by atoms with Crippen molar-refractivity contribution in [1.82, 2.24) is 10.2 Å². The van der Waals surface area contributed by atoms with E-state index in [4.69, 9.17) is 18.0 Å². The van der Waals surface area contributed by atoms with Gasteiger partial charge in [-0.25, -0.2) is 0 Å². The first-order valence-corrected chi connectivity index (χ1v) is 8.28. The maximum Gasteiger partial charge on any atom is 0.244 e. The number of carbonyl (C=O) groups is 2. The summed E-state index contributed by atoms with van der Waals surface area (Å²) in [6, 6.07) is -0.510. The number of hydrogen-bond donors (Lipinski definition) is 2. The molecule has 0 spiro atoms. The molecule has 1 aliphatic heterocycles. The molecule has 0 bridgehead atoms. The summed E-state index contributed by atoms with van der Waals surface area (Å²) in [7, 11) is 0. The second kappa shape index (κ2) is 6.73. The van der Waals surface area contributed by atoms with Crippen LogP contribution in [0.1, 0.15) is 51.9 Å². The lowest BCUT2D eigenvalue weighted by Gasteiger charge is -2.35. The molecule has 1 unspecified atom stereocenters. The molecule has 5 nitrogen and oxygen atoms in total. The van der Waals surface area contributed by atoms with E-state index in [0.29, 0.717) is 12.8 Å². The fraction of sp³-hybridized carbons (Fsp3) is 0.800. The van der Waals surface area contributed by atoms with Crippen LogP contribution in [0.3, 0.4) is 0 Å². The van der Waals surface area contributed by atoms with Crippen LogP contribution in [-0.4, -0.2) is 40.8 Å². The van der Waals surface area contributed by atoms with Crippen LogP contribution in [0.2, 0.25) is 0 Å². The Kier molecular flexibility index (Phi) is 5.19. The van der Waals surface area contributed by atoms with Gasteiger partial charge in [0.1, 0.15) is 6.04 Å². The second-order valence-corrected chi connectivity index (χ2v) is 6.67. The van der Waals surface area contributed by atoms with Crippen LogP contribution < -0.4 is 11.1 Å². The van der Waals surface area contributed by atoms with Crippen molar-refractivity contribution in [1.29, 1.82) is 0 Å². The molecule has 1 atom stereocenters. The van der Waals surface area contributed by atoms with Gasteiger partial charge in [0.15, 0.2) is 0 Å². The molecular formula is C15H25N3O2S. The van der Waals surface area contributed by atoms with Gasteiger partial charge in [-0.2, -0.15) is 0 Å². The first-order valence-electron chi connectivity index (χ1n) is 7.87. The van der Waals surface area contributed by atoms with Crippen molar-refractivity contribution in [2.24, 2.45) is 11.1 Å². The van der Waals surface area contributed by atoms with Crippen LogP contribution in [0.5, 0.6) is 0 Å². The van der Waals surface area contributed by atoms with E-state index >= 15 is 0 Å². The zero-order valence-corrected chi connectivity index (χ0v) is 13.5. The Labute approximate surface area is 131 Å². The van der Waals surface area contributed by atoms with Crippen molar-refractivity contribution in [3.05, 3.63) is 0 Å². The molecule has 0 aromatic carbocycles. The molecule has 2 amide bonds. The molecule has 21 heavy (non-hydrogen) atoms. The summed E-state index contributed by atoms with van der Waals surface area (Å²) in [6.45, 7) is 3.33. The Morgan fingerprint density at radius 3 is 2.24 bits per heavy atom. The smallest absolute Gasteiger partial charge is 0.244 e. The fourth-order valence-electron chi connectivity index (χ4n) is 3.35. The van der Waals surface area contributed by atoms with E-state index in [0.717, 1.165) is 45.2 Å².